The molecule has 34 heavy (non-hydrogen) atoms. The molecule has 1 aliphatic rings. The maximum Gasteiger partial charge on any atom is 0.325 e. The Morgan fingerprint density at radius 3 is 2.59 bits per heavy atom. The molecule has 1 aliphatic heterocycles. The van der Waals surface area contributed by atoms with E-state index in [-0.39, 0.29) is 11.5 Å². The molecule has 1 N–H and O–H groups in total. The number of methoxy groups -OCH3 is 1. The second-order valence-corrected chi connectivity index (χ2v) is 8.86. The largest absolute Gasteiger partial charge is 0.496 e. The third-order valence-electron chi connectivity index (χ3n) is 6.10. The lowest BCUT2D eigenvalue weighted by molar-refractivity contribution is -0.762. The van der Waals surface area contributed by atoms with Crippen molar-refractivity contribution in [3.63, 3.8) is 0 Å². The van der Waals surface area contributed by atoms with Gasteiger partial charge in [-0.15, -0.1) is 0 Å². The summed E-state index contributed by atoms with van der Waals surface area (Å²) < 4.78 is 7.31. The first-order chi connectivity index (χ1) is 16.6. The van der Waals surface area contributed by atoms with E-state index in [9.17, 15) is 9.59 Å². The van der Waals surface area contributed by atoms with Crippen LogP contribution >= 0.6 is 11.8 Å². The topological polar surface area (TPSA) is 79.2 Å². The average Bonchev–Trinajstić information content (AvgIpc) is 2.87. The van der Waals surface area contributed by atoms with E-state index in [1.165, 1.54) is 11.8 Å². The molecule has 1 aromatic heterocycles. The normalized spacial score (nSPS) is 14.6. The SMILES string of the molecule is CCCC(=O)N1c2ccccc2-c2c(=O)[nH]c(SC)n[n+]2[C@H]1c1ccc(OC)c2ccccc12. The molecule has 172 valence electrons. The van der Waals surface area contributed by atoms with Gasteiger partial charge in [0.05, 0.1) is 23.9 Å². The first-order valence-electron chi connectivity index (χ1n) is 11.2. The van der Waals surface area contributed by atoms with Gasteiger partial charge in [0.15, 0.2) is 0 Å². The Balaban J connectivity index is 1.89. The zero-order valence-electron chi connectivity index (χ0n) is 19.2. The fourth-order valence-corrected chi connectivity index (χ4v) is 5.01. The van der Waals surface area contributed by atoms with Crippen LogP contribution in [0.15, 0.2) is 70.6 Å². The number of aromatic amines is 1. The van der Waals surface area contributed by atoms with Crippen LogP contribution in [-0.4, -0.2) is 29.4 Å². The van der Waals surface area contributed by atoms with Gasteiger partial charge in [0.2, 0.25) is 11.1 Å². The first-order valence-corrected chi connectivity index (χ1v) is 12.4. The van der Waals surface area contributed by atoms with Gasteiger partial charge in [0.1, 0.15) is 5.75 Å². The zero-order valence-corrected chi connectivity index (χ0v) is 20.1. The lowest BCUT2D eigenvalue weighted by Crippen LogP contribution is -2.61. The fourth-order valence-electron chi connectivity index (χ4n) is 4.65. The van der Waals surface area contributed by atoms with Gasteiger partial charge < -0.3 is 4.74 Å². The van der Waals surface area contributed by atoms with Crippen molar-refractivity contribution in [3.8, 4) is 17.0 Å². The van der Waals surface area contributed by atoms with Gasteiger partial charge >= 0.3 is 11.3 Å². The van der Waals surface area contributed by atoms with Crippen molar-refractivity contribution >= 4 is 34.1 Å². The summed E-state index contributed by atoms with van der Waals surface area (Å²) in [5.74, 6) is 0.724. The third kappa shape index (κ3) is 3.45. The van der Waals surface area contributed by atoms with Crippen molar-refractivity contribution < 1.29 is 14.2 Å². The number of hydrogen-bond acceptors (Lipinski definition) is 5. The van der Waals surface area contributed by atoms with Gasteiger partial charge in [-0.05, 0) is 47.0 Å². The summed E-state index contributed by atoms with van der Waals surface area (Å²) in [6.45, 7) is 1.99. The number of nitrogens with zero attached hydrogens (tertiary/aromatic N) is 3. The number of anilines is 1. The molecular weight excluding hydrogens is 448 g/mol. The van der Waals surface area contributed by atoms with E-state index < -0.39 is 6.17 Å². The number of rotatable bonds is 5. The summed E-state index contributed by atoms with van der Waals surface area (Å²) in [6, 6.07) is 19.3. The van der Waals surface area contributed by atoms with E-state index in [1.807, 2.05) is 73.8 Å². The van der Waals surface area contributed by atoms with Crippen molar-refractivity contribution in [1.82, 2.24) is 10.1 Å². The van der Waals surface area contributed by atoms with E-state index in [0.717, 1.165) is 22.1 Å². The van der Waals surface area contributed by atoms with Crippen LogP contribution < -0.4 is 19.9 Å². The number of amides is 1. The number of benzene rings is 3. The Labute approximate surface area is 201 Å². The van der Waals surface area contributed by atoms with Gasteiger partial charge in [0.25, 0.3) is 6.17 Å². The number of nitrogens with one attached hydrogen (secondary N) is 1. The summed E-state index contributed by atoms with van der Waals surface area (Å²) in [7, 11) is 1.64. The van der Waals surface area contributed by atoms with Crippen LogP contribution in [0.5, 0.6) is 5.75 Å². The highest BCUT2D eigenvalue weighted by Gasteiger charge is 2.46. The highest BCUT2D eigenvalue weighted by molar-refractivity contribution is 7.98. The van der Waals surface area contributed by atoms with Crippen LogP contribution in [0.3, 0.4) is 0 Å². The predicted molar refractivity (Wildman–Crippen MR) is 133 cm³/mol. The van der Waals surface area contributed by atoms with Crippen LogP contribution in [0.2, 0.25) is 0 Å². The number of aromatic nitrogens is 3. The highest BCUT2D eigenvalue weighted by atomic mass is 32.2. The predicted octanol–water partition coefficient (Wildman–Crippen LogP) is 4.30. The van der Waals surface area contributed by atoms with Crippen molar-refractivity contribution in [2.75, 3.05) is 18.3 Å². The van der Waals surface area contributed by atoms with Crippen LogP contribution in [0.25, 0.3) is 22.0 Å². The molecule has 0 unspecified atom stereocenters. The summed E-state index contributed by atoms with van der Waals surface area (Å²) in [5.41, 5.74) is 2.44. The molecule has 1 amide bonds. The molecule has 0 spiro atoms. The lowest BCUT2D eigenvalue weighted by atomic mass is 9.96. The molecule has 2 heterocycles. The van der Waals surface area contributed by atoms with Crippen molar-refractivity contribution in [2.24, 2.45) is 0 Å². The van der Waals surface area contributed by atoms with Gasteiger partial charge in [-0.1, -0.05) is 55.1 Å². The minimum absolute atomic E-state index is 0.0224. The van der Waals surface area contributed by atoms with Gasteiger partial charge in [-0.2, -0.15) is 0 Å². The molecular formula is C26H25N4O3S+. The molecule has 5 rings (SSSR count). The number of ether oxygens (including phenoxy) is 1. The van der Waals surface area contributed by atoms with Crippen molar-refractivity contribution in [1.29, 1.82) is 0 Å². The van der Waals surface area contributed by atoms with Crippen LogP contribution in [0.1, 0.15) is 31.5 Å². The Hall–Kier alpha value is -3.65. The molecule has 0 radical (unpaired) electrons. The number of hydrogen-bond donors (Lipinski definition) is 1. The van der Waals surface area contributed by atoms with Crippen LogP contribution in [0, 0.1) is 0 Å². The van der Waals surface area contributed by atoms with Gasteiger partial charge in [-0.25, -0.2) is 4.90 Å². The number of thioether (sulfide) groups is 1. The Morgan fingerprint density at radius 1 is 1.12 bits per heavy atom. The van der Waals surface area contributed by atoms with Crippen LogP contribution in [0.4, 0.5) is 5.69 Å². The molecule has 0 saturated carbocycles. The number of fused-ring (bicyclic) bond motifs is 4. The molecule has 0 saturated heterocycles. The Morgan fingerprint density at radius 2 is 1.85 bits per heavy atom. The van der Waals surface area contributed by atoms with Gasteiger partial charge in [-0.3, -0.25) is 14.6 Å². The third-order valence-corrected chi connectivity index (χ3v) is 6.67. The van der Waals surface area contributed by atoms with E-state index >= 15 is 0 Å². The maximum atomic E-state index is 13.6. The molecule has 7 nitrogen and oxygen atoms in total. The first kappa shape index (κ1) is 22.2. The molecule has 4 aromatic rings. The summed E-state index contributed by atoms with van der Waals surface area (Å²) in [6.07, 6.45) is 2.32. The number of H-pyrrole nitrogens is 1. The van der Waals surface area contributed by atoms with E-state index in [0.29, 0.717) is 34.9 Å². The number of carbonyl (C=O) groups is 1. The number of para-hydroxylation sites is 1. The van der Waals surface area contributed by atoms with Crippen LogP contribution in [-0.2, 0) is 4.79 Å². The molecule has 0 aliphatic carbocycles. The maximum absolute atomic E-state index is 13.6. The fraction of sp³-hybridized carbons (Fsp3) is 0.231. The van der Waals surface area contributed by atoms with Crippen molar-refractivity contribution in [2.45, 2.75) is 31.1 Å². The Bertz CT molecular complexity index is 1470. The quantitative estimate of drug-likeness (QED) is 0.345. The average molecular weight is 474 g/mol. The minimum atomic E-state index is -0.632. The summed E-state index contributed by atoms with van der Waals surface area (Å²) in [4.78, 5) is 31.6. The summed E-state index contributed by atoms with van der Waals surface area (Å²) in [5, 5.41) is 7.14. The Kier molecular flexibility index (Phi) is 5.83. The summed E-state index contributed by atoms with van der Waals surface area (Å²) >= 11 is 1.35. The second kappa shape index (κ2) is 8.95. The van der Waals surface area contributed by atoms with E-state index in [1.54, 1.807) is 16.7 Å². The van der Waals surface area contributed by atoms with E-state index in [2.05, 4.69) is 4.98 Å². The smallest absolute Gasteiger partial charge is 0.325 e. The molecule has 3 aromatic carbocycles. The van der Waals surface area contributed by atoms with E-state index in [4.69, 9.17) is 9.84 Å². The number of carbonyl (C=O) groups excluding carboxylic acids is 1. The monoisotopic (exact) mass is 473 g/mol. The van der Waals surface area contributed by atoms with Gasteiger partial charge in [0, 0.05) is 16.9 Å². The highest BCUT2D eigenvalue weighted by Crippen LogP contribution is 2.40. The zero-order chi connectivity index (χ0) is 23.8. The molecule has 1 atom stereocenters. The lowest BCUT2D eigenvalue weighted by Gasteiger charge is -2.32. The molecule has 0 fully saturated rings. The molecule has 0 bridgehead atoms. The standard InChI is InChI=1S/C26H24N4O3S/c1-4-9-22(31)29-20-13-8-7-12-19(20)23-24(32)27-26(34-3)28-30(23)25(29)18-14-15-21(33-2)17-11-6-5-10-16(17)18/h5-8,10-15,25H,4,9H2,1-3H3/p+1/t25-/m0/s1. The second-order valence-electron chi connectivity index (χ2n) is 8.06. The minimum Gasteiger partial charge on any atom is -0.496 e. The molecule has 8 heteroatoms. The van der Waals surface area contributed by atoms with Crippen molar-refractivity contribution in [3.05, 3.63) is 76.6 Å².